The molecule has 2 aromatic carbocycles. The molecule has 0 fully saturated rings. The van der Waals surface area contributed by atoms with Crippen LogP contribution in [0.3, 0.4) is 0 Å². The number of amides is 1. The van der Waals surface area contributed by atoms with E-state index in [1.165, 1.54) is 0 Å². The Balaban J connectivity index is 1.61. The number of nitrogens with two attached hydrogens (primary N) is 1. The zero-order valence-electron chi connectivity index (χ0n) is 12.2. The highest BCUT2D eigenvalue weighted by atomic mass is 16.1. The predicted octanol–water partition coefficient (Wildman–Crippen LogP) is 2.51. The van der Waals surface area contributed by atoms with E-state index in [0.717, 1.165) is 22.6 Å². The van der Waals surface area contributed by atoms with E-state index in [2.05, 4.69) is 15.6 Å². The van der Waals surface area contributed by atoms with E-state index < -0.39 is 5.91 Å². The normalized spacial score (nSPS) is 15.6. The van der Waals surface area contributed by atoms with Crippen molar-refractivity contribution < 1.29 is 4.79 Å². The Morgan fingerprint density at radius 2 is 1.96 bits per heavy atom. The number of imidazole rings is 1. The summed E-state index contributed by atoms with van der Waals surface area (Å²) in [6.07, 6.45) is 5.31. The number of carbonyl (C=O) groups excluding carboxylic acids is 1. The van der Waals surface area contributed by atoms with E-state index in [4.69, 9.17) is 5.73 Å². The highest BCUT2D eigenvalue weighted by Gasteiger charge is 2.24. The van der Waals surface area contributed by atoms with Crippen LogP contribution in [0.4, 0.5) is 11.4 Å². The molecule has 1 aliphatic heterocycles. The van der Waals surface area contributed by atoms with Gasteiger partial charge in [-0.3, -0.25) is 4.79 Å². The van der Waals surface area contributed by atoms with Crippen LogP contribution in [0, 0.1) is 0 Å². The molecule has 0 bridgehead atoms. The molecular weight excluding hydrogens is 290 g/mol. The fourth-order valence-corrected chi connectivity index (χ4v) is 2.79. The van der Waals surface area contributed by atoms with Crippen molar-refractivity contribution in [3.05, 3.63) is 72.3 Å². The van der Waals surface area contributed by atoms with Gasteiger partial charge in [0.05, 0.1) is 23.3 Å². The number of carbonyl (C=O) groups is 1. The Morgan fingerprint density at radius 3 is 2.65 bits per heavy atom. The quantitative estimate of drug-likeness (QED) is 0.694. The molecule has 1 aromatic heterocycles. The van der Waals surface area contributed by atoms with Crippen LogP contribution >= 0.6 is 0 Å². The van der Waals surface area contributed by atoms with Gasteiger partial charge in [-0.2, -0.15) is 0 Å². The lowest BCUT2D eigenvalue weighted by atomic mass is 10.1. The Labute approximate surface area is 133 Å². The number of hydrogen-bond acceptors (Lipinski definition) is 4. The molecule has 0 radical (unpaired) electrons. The standard InChI is InChI=1S/C17H15N5O/c18-16(23)13-2-1-3-14-15(13)21-17(20-14)11-4-6-12(7-5-11)22-9-8-19-10-22/h1-10,17,20-21H,(H2,18,23). The number of aromatic nitrogens is 2. The molecule has 0 saturated heterocycles. The largest absolute Gasteiger partial charge is 0.366 e. The first-order chi connectivity index (χ1) is 11.2. The Morgan fingerprint density at radius 1 is 1.13 bits per heavy atom. The number of para-hydroxylation sites is 1. The molecule has 1 aliphatic rings. The monoisotopic (exact) mass is 305 g/mol. The van der Waals surface area contributed by atoms with Crippen molar-refractivity contribution in [2.24, 2.45) is 5.73 Å². The molecule has 0 aliphatic carbocycles. The first-order valence-corrected chi connectivity index (χ1v) is 7.26. The van der Waals surface area contributed by atoms with Gasteiger partial charge in [-0.15, -0.1) is 0 Å². The van der Waals surface area contributed by atoms with Crippen molar-refractivity contribution in [2.75, 3.05) is 10.6 Å². The number of rotatable bonds is 3. The lowest BCUT2D eigenvalue weighted by molar-refractivity contribution is 0.100. The first kappa shape index (κ1) is 13.4. The van der Waals surface area contributed by atoms with Gasteiger partial charge in [0.15, 0.2) is 0 Å². The third kappa shape index (κ3) is 2.30. The van der Waals surface area contributed by atoms with Crippen LogP contribution in [-0.4, -0.2) is 15.5 Å². The van der Waals surface area contributed by atoms with E-state index >= 15 is 0 Å². The summed E-state index contributed by atoms with van der Waals surface area (Å²) in [5, 5.41) is 6.69. The van der Waals surface area contributed by atoms with Gasteiger partial charge >= 0.3 is 0 Å². The van der Waals surface area contributed by atoms with Gasteiger partial charge in [-0.25, -0.2) is 4.98 Å². The van der Waals surface area contributed by atoms with Gasteiger partial charge in [-0.05, 0) is 29.8 Å². The van der Waals surface area contributed by atoms with Gasteiger partial charge in [-0.1, -0.05) is 18.2 Å². The maximum atomic E-state index is 11.5. The number of hydrogen-bond donors (Lipinski definition) is 3. The molecule has 6 nitrogen and oxygen atoms in total. The number of nitrogens with one attached hydrogen (secondary N) is 2. The van der Waals surface area contributed by atoms with Gasteiger partial charge < -0.3 is 20.9 Å². The molecule has 4 N–H and O–H groups in total. The third-order valence-corrected chi connectivity index (χ3v) is 3.95. The van der Waals surface area contributed by atoms with Gasteiger partial charge in [0.1, 0.15) is 6.17 Å². The molecular formula is C17H15N5O. The highest BCUT2D eigenvalue weighted by molar-refractivity contribution is 6.02. The molecule has 0 spiro atoms. The molecule has 4 rings (SSSR count). The summed E-state index contributed by atoms with van der Waals surface area (Å²) in [6.45, 7) is 0. The van der Waals surface area contributed by atoms with Crippen LogP contribution < -0.4 is 16.4 Å². The fraction of sp³-hybridized carbons (Fsp3) is 0.0588. The third-order valence-electron chi connectivity index (χ3n) is 3.95. The molecule has 1 atom stereocenters. The lowest BCUT2D eigenvalue weighted by Crippen LogP contribution is -2.15. The molecule has 1 unspecified atom stereocenters. The van der Waals surface area contributed by atoms with Crippen molar-refractivity contribution in [3.63, 3.8) is 0 Å². The number of anilines is 2. The summed E-state index contributed by atoms with van der Waals surface area (Å²) >= 11 is 0. The second-order valence-electron chi connectivity index (χ2n) is 5.38. The number of fused-ring (bicyclic) bond motifs is 1. The van der Waals surface area contributed by atoms with Crippen molar-refractivity contribution in [3.8, 4) is 5.69 Å². The van der Waals surface area contributed by atoms with E-state index in [-0.39, 0.29) is 6.17 Å². The molecule has 23 heavy (non-hydrogen) atoms. The van der Waals surface area contributed by atoms with Gasteiger partial charge in [0.25, 0.3) is 5.91 Å². The number of nitrogens with zero attached hydrogens (tertiary/aromatic N) is 2. The maximum Gasteiger partial charge on any atom is 0.250 e. The van der Waals surface area contributed by atoms with Gasteiger partial charge in [0.2, 0.25) is 0 Å². The number of benzene rings is 2. The maximum absolute atomic E-state index is 11.5. The summed E-state index contributed by atoms with van der Waals surface area (Å²) in [4.78, 5) is 15.6. The summed E-state index contributed by atoms with van der Waals surface area (Å²) in [5.41, 5.74) is 9.67. The minimum atomic E-state index is -0.438. The SMILES string of the molecule is NC(=O)c1cccc2c1NC(c1ccc(-n3ccnc3)cc1)N2. The summed E-state index contributed by atoms with van der Waals surface area (Å²) < 4.78 is 1.94. The second-order valence-corrected chi connectivity index (χ2v) is 5.38. The topological polar surface area (TPSA) is 85.0 Å². The molecule has 0 saturated carbocycles. The van der Waals surface area contributed by atoms with E-state index in [0.29, 0.717) is 5.56 Å². The molecule has 114 valence electrons. The minimum Gasteiger partial charge on any atom is -0.366 e. The molecule has 6 heteroatoms. The van der Waals surface area contributed by atoms with Crippen LogP contribution in [0.5, 0.6) is 0 Å². The van der Waals surface area contributed by atoms with Crippen molar-refractivity contribution in [1.82, 2.24) is 9.55 Å². The van der Waals surface area contributed by atoms with Crippen molar-refractivity contribution in [1.29, 1.82) is 0 Å². The Hall–Kier alpha value is -3.28. The van der Waals surface area contributed by atoms with Gasteiger partial charge in [0, 0.05) is 18.1 Å². The lowest BCUT2D eigenvalue weighted by Gasteiger charge is -2.14. The summed E-state index contributed by atoms with van der Waals surface area (Å²) in [7, 11) is 0. The van der Waals surface area contributed by atoms with Crippen LogP contribution in [0.2, 0.25) is 0 Å². The minimum absolute atomic E-state index is 0.0951. The Kier molecular flexibility index (Phi) is 3.01. The highest BCUT2D eigenvalue weighted by Crippen LogP contribution is 2.37. The molecule has 3 aromatic rings. The average Bonchev–Trinajstić information content (AvgIpc) is 3.24. The average molecular weight is 305 g/mol. The summed E-state index contributed by atoms with van der Waals surface area (Å²) in [6, 6.07) is 13.6. The zero-order chi connectivity index (χ0) is 15.8. The Bertz CT molecular complexity index is 855. The molecule has 1 amide bonds. The van der Waals surface area contributed by atoms with Crippen LogP contribution in [0.1, 0.15) is 22.1 Å². The zero-order valence-corrected chi connectivity index (χ0v) is 12.2. The smallest absolute Gasteiger partial charge is 0.250 e. The predicted molar refractivity (Wildman–Crippen MR) is 88.5 cm³/mol. The van der Waals surface area contributed by atoms with E-state index in [1.54, 1.807) is 18.6 Å². The molecule has 2 heterocycles. The van der Waals surface area contributed by atoms with E-state index in [9.17, 15) is 4.79 Å². The van der Waals surface area contributed by atoms with Crippen LogP contribution in [0.25, 0.3) is 5.69 Å². The second kappa shape index (κ2) is 5.17. The van der Waals surface area contributed by atoms with Crippen molar-refractivity contribution >= 4 is 17.3 Å². The van der Waals surface area contributed by atoms with E-state index in [1.807, 2.05) is 47.2 Å². The van der Waals surface area contributed by atoms with Crippen LogP contribution in [-0.2, 0) is 0 Å². The van der Waals surface area contributed by atoms with Crippen LogP contribution in [0.15, 0.2) is 61.2 Å². The first-order valence-electron chi connectivity index (χ1n) is 7.26. The fourth-order valence-electron chi connectivity index (χ4n) is 2.79. The van der Waals surface area contributed by atoms with Crippen molar-refractivity contribution in [2.45, 2.75) is 6.17 Å². The summed E-state index contributed by atoms with van der Waals surface area (Å²) in [5.74, 6) is -0.438. The number of primary amides is 1.